The number of carbonyl (C=O) groups excluding carboxylic acids is 8. The smallest absolute Gasteiger partial charge is 0.219 e. The van der Waals surface area contributed by atoms with Crippen LogP contribution in [-0.2, 0) is 38.4 Å². The number of carbonyl (C=O) groups is 8. The van der Waals surface area contributed by atoms with E-state index in [2.05, 4.69) is 15.5 Å². The van der Waals surface area contributed by atoms with Crippen LogP contribution in [0, 0.1) is 11.8 Å². The number of ketones is 6. The molecule has 14 rings (SSSR count). The Labute approximate surface area is 561 Å². The van der Waals surface area contributed by atoms with Crippen molar-refractivity contribution in [2.24, 2.45) is 17.6 Å². The number of hydrogen-bond acceptors (Lipinski definition) is 18. The Morgan fingerprint density at radius 2 is 0.768 bits per heavy atom. The highest BCUT2D eigenvalue weighted by Crippen LogP contribution is 2.41. The van der Waals surface area contributed by atoms with Gasteiger partial charge in [0.05, 0.1) is 66.4 Å². The van der Waals surface area contributed by atoms with Gasteiger partial charge in [-0.3, -0.25) is 38.4 Å². The number of ether oxygens (including phenoxy) is 3. The van der Waals surface area contributed by atoms with E-state index >= 15 is 0 Å². The van der Waals surface area contributed by atoms with E-state index in [4.69, 9.17) is 33.5 Å². The van der Waals surface area contributed by atoms with Crippen LogP contribution in [0.4, 0.5) is 0 Å². The van der Waals surface area contributed by atoms with E-state index in [1.807, 2.05) is 101 Å². The molecule has 2 N–H and O–H groups in total. The van der Waals surface area contributed by atoms with Gasteiger partial charge in [-0.25, -0.2) is 0 Å². The van der Waals surface area contributed by atoms with Gasteiger partial charge >= 0.3 is 0 Å². The third-order valence-electron chi connectivity index (χ3n) is 19.3. The van der Waals surface area contributed by atoms with Gasteiger partial charge in [0.2, 0.25) is 11.8 Å². The zero-order valence-electron chi connectivity index (χ0n) is 53.6. The topological polar surface area (TPSA) is 275 Å². The first-order valence-corrected chi connectivity index (χ1v) is 32.8. The molecule has 3 unspecified atom stereocenters. The first kappa shape index (κ1) is 69.2. The van der Waals surface area contributed by atoms with Crippen molar-refractivity contribution in [3.8, 4) is 17.2 Å². The summed E-state index contributed by atoms with van der Waals surface area (Å²) in [6.07, 6.45) is 11.1. The quantitative estimate of drug-likeness (QED) is 0.0695. The summed E-state index contributed by atoms with van der Waals surface area (Å²) < 4.78 is 34.2. The van der Waals surface area contributed by atoms with Crippen LogP contribution in [0.15, 0.2) is 105 Å². The molecule has 0 radical (unpaired) electrons. The minimum Gasteiger partial charge on any atom is -0.494 e. The highest BCUT2D eigenvalue weighted by atomic mass is 35.5. The highest BCUT2D eigenvalue weighted by Gasteiger charge is 2.36. The molecule has 9 aromatic rings. The minimum absolute atomic E-state index is 0. The average molecular weight is 1340 g/mol. The molecule has 3 aliphatic carbocycles. The summed E-state index contributed by atoms with van der Waals surface area (Å²) in [6.45, 7) is 8.98. The van der Waals surface area contributed by atoms with Gasteiger partial charge in [0.15, 0.2) is 16.7 Å². The highest BCUT2D eigenvalue weighted by molar-refractivity contribution is 6.14. The molecule has 6 aromatic carbocycles. The Hall–Kier alpha value is -8.59. The van der Waals surface area contributed by atoms with Crippen molar-refractivity contribution in [3.63, 3.8) is 0 Å². The molecule has 3 aromatic heterocycles. The van der Waals surface area contributed by atoms with Gasteiger partial charge < -0.3 is 43.3 Å². The standard InChI is InChI=1S/2C27H30N2O5.C19H18N2O4.2ClH/c2*1-17(30)29-12-10-18(11-13-29)3-2-14-33-21-6-8-22-19(15-21)4-9-25-26(22)27(28-34-25)23-7-5-20(31)16-24(23)32;20-7-8-24-13-3-5-14-11(9-13)1-6-17-18(14)19(21-25-17)15-4-2-12(22)10-16(15)23;;/h2*4,6,8-9,15,18,23H,2-3,5,7,10-14,16H2,1H3;1,3,5-6,9,15H,2,4,7-8,10,20H2;2*1H. The first-order chi connectivity index (χ1) is 45.2. The monoisotopic (exact) mass is 1330 g/mol. The van der Waals surface area contributed by atoms with Gasteiger partial charge in [-0.05, 0) is 188 Å². The number of nitrogens with two attached hydrogens (primary N) is 1. The molecule has 95 heavy (non-hydrogen) atoms. The number of halogens is 2. The molecule has 3 atom stereocenters. The van der Waals surface area contributed by atoms with Crippen LogP contribution in [0.1, 0.15) is 158 Å². The third kappa shape index (κ3) is 15.9. The number of benzene rings is 6. The summed E-state index contributed by atoms with van der Waals surface area (Å²) in [5.74, 6) is 2.68. The Kier molecular flexibility index (Phi) is 22.8. The van der Waals surface area contributed by atoms with Crippen LogP contribution in [0.3, 0.4) is 0 Å². The molecule has 5 aliphatic rings. The van der Waals surface area contributed by atoms with Crippen molar-refractivity contribution in [1.29, 1.82) is 0 Å². The van der Waals surface area contributed by atoms with Gasteiger partial charge in [0.1, 0.15) is 75.6 Å². The number of nitrogens with zero attached hydrogens (tertiary/aromatic N) is 5. The van der Waals surface area contributed by atoms with Gasteiger partial charge in [-0.15, -0.1) is 24.8 Å². The summed E-state index contributed by atoms with van der Waals surface area (Å²) in [4.78, 5) is 98.9. The number of rotatable bonds is 16. The molecule has 5 fully saturated rings. The lowest BCUT2D eigenvalue weighted by Gasteiger charge is -2.31. The number of aromatic nitrogens is 3. The fourth-order valence-electron chi connectivity index (χ4n) is 14.2. The molecule has 2 amide bonds. The Morgan fingerprint density at radius 1 is 0.453 bits per heavy atom. The summed E-state index contributed by atoms with van der Waals surface area (Å²) in [5.41, 5.74) is 9.33. The predicted octanol–water partition coefficient (Wildman–Crippen LogP) is 13.2. The second kappa shape index (κ2) is 31.3. The average Bonchev–Trinajstić information content (AvgIpc) is 1.77. The van der Waals surface area contributed by atoms with E-state index in [1.54, 1.807) is 13.8 Å². The van der Waals surface area contributed by atoms with E-state index < -0.39 is 0 Å². The Bertz CT molecular complexity index is 4140. The van der Waals surface area contributed by atoms with Gasteiger partial charge in [0.25, 0.3) is 0 Å². The van der Waals surface area contributed by atoms with Crippen molar-refractivity contribution in [1.82, 2.24) is 25.3 Å². The van der Waals surface area contributed by atoms with Crippen LogP contribution < -0.4 is 19.9 Å². The zero-order valence-corrected chi connectivity index (χ0v) is 55.2. The summed E-state index contributed by atoms with van der Waals surface area (Å²) in [6, 6.07) is 29.2. The number of likely N-dealkylation sites (tertiary alicyclic amines) is 2. The Morgan fingerprint density at radius 3 is 1.06 bits per heavy atom. The van der Waals surface area contributed by atoms with Crippen LogP contribution in [0.5, 0.6) is 17.2 Å². The number of amides is 2. The Balaban J connectivity index is 0.000000156. The zero-order chi connectivity index (χ0) is 64.7. The van der Waals surface area contributed by atoms with Gasteiger partial charge in [0, 0.05) is 65.8 Å². The number of piperidine rings is 2. The summed E-state index contributed by atoms with van der Waals surface area (Å²) in [5, 5.41) is 21.1. The number of hydrogen-bond donors (Lipinski definition) is 1. The number of fused-ring (bicyclic) bond motifs is 9. The molecule has 20 nitrogen and oxygen atoms in total. The first-order valence-electron chi connectivity index (χ1n) is 32.8. The van der Waals surface area contributed by atoms with Crippen LogP contribution in [0.2, 0.25) is 0 Å². The van der Waals surface area contributed by atoms with Crippen LogP contribution >= 0.6 is 24.8 Å². The fraction of sp³-hybridized carbons (Fsp3) is 0.438. The van der Waals surface area contributed by atoms with Crippen molar-refractivity contribution >= 4 is 137 Å². The molecule has 22 heteroatoms. The lowest BCUT2D eigenvalue weighted by atomic mass is 9.83. The summed E-state index contributed by atoms with van der Waals surface area (Å²) >= 11 is 0. The van der Waals surface area contributed by atoms with Gasteiger partial charge in [-0.1, -0.05) is 33.7 Å². The molecule has 2 aliphatic heterocycles. The molecular weight excluding hydrogens is 1260 g/mol. The lowest BCUT2D eigenvalue weighted by molar-refractivity contribution is -0.132. The minimum atomic E-state index is -0.386. The van der Waals surface area contributed by atoms with E-state index in [0.717, 1.165) is 143 Å². The lowest BCUT2D eigenvalue weighted by Crippen LogP contribution is -2.37. The van der Waals surface area contributed by atoms with Crippen molar-refractivity contribution < 1.29 is 66.1 Å². The number of Topliss-reactive ketones (excluding diaryl/α,β-unsaturated/α-hetero) is 6. The normalized spacial score (nSPS) is 19.0. The molecule has 2 saturated heterocycles. The maximum Gasteiger partial charge on any atom is 0.219 e. The molecule has 3 saturated carbocycles. The van der Waals surface area contributed by atoms with E-state index in [0.29, 0.717) is 111 Å². The molecule has 0 spiro atoms. The van der Waals surface area contributed by atoms with Gasteiger partial charge in [-0.2, -0.15) is 0 Å². The molecule has 0 bridgehead atoms. The second-order valence-corrected chi connectivity index (χ2v) is 25.5. The largest absolute Gasteiger partial charge is 0.494 e. The van der Waals surface area contributed by atoms with Crippen molar-refractivity contribution in [2.45, 2.75) is 141 Å². The third-order valence-corrected chi connectivity index (χ3v) is 19.3. The second-order valence-electron chi connectivity index (χ2n) is 25.5. The molecule has 500 valence electrons. The fourth-order valence-corrected chi connectivity index (χ4v) is 14.2. The summed E-state index contributed by atoms with van der Waals surface area (Å²) in [7, 11) is 0. The van der Waals surface area contributed by atoms with E-state index in [-0.39, 0.29) is 108 Å². The van der Waals surface area contributed by atoms with Crippen LogP contribution in [-0.4, -0.2) is 124 Å². The van der Waals surface area contributed by atoms with Crippen LogP contribution in [0.25, 0.3) is 65.2 Å². The van der Waals surface area contributed by atoms with E-state index in [9.17, 15) is 38.4 Å². The van der Waals surface area contributed by atoms with Crippen molar-refractivity contribution in [3.05, 3.63) is 108 Å². The van der Waals surface area contributed by atoms with E-state index in [1.165, 1.54) is 0 Å². The molecular formula is C73H80Cl2N6O14. The maximum atomic E-state index is 12.5. The predicted molar refractivity (Wildman–Crippen MR) is 363 cm³/mol. The molecule has 5 heterocycles. The van der Waals surface area contributed by atoms with Crippen molar-refractivity contribution in [2.75, 3.05) is 52.5 Å². The SMILES string of the molecule is CC(=O)N1CCC(CCCOc2ccc3c(ccc4onc(C5CCC(=O)CC5=O)c43)c2)CC1.CC(=O)N1CCC(CCCOc2ccc3c(ccc4onc(C5CCC(=O)CC5=O)c43)c2)CC1.Cl.Cl.NCCOc1ccc2c(ccc3onc(C4CCC(=O)CC4=O)c32)c1. The maximum absolute atomic E-state index is 12.5.